The van der Waals surface area contributed by atoms with Crippen LogP contribution in [0.3, 0.4) is 0 Å². The van der Waals surface area contributed by atoms with Gasteiger partial charge in [-0.1, -0.05) is 6.07 Å². The first-order valence-electron chi connectivity index (χ1n) is 8.75. The van der Waals surface area contributed by atoms with E-state index in [1.807, 2.05) is 19.1 Å². The normalized spacial score (nSPS) is 25.6. The van der Waals surface area contributed by atoms with Gasteiger partial charge in [0.15, 0.2) is 0 Å². The van der Waals surface area contributed by atoms with Crippen LogP contribution in [0.25, 0.3) is 0 Å². The molecule has 0 saturated carbocycles. The second-order valence-corrected chi connectivity index (χ2v) is 6.50. The summed E-state index contributed by atoms with van der Waals surface area (Å²) in [5.74, 6) is 0.767. The van der Waals surface area contributed by atoms with E-state index in [0.717, 1.165) is 57.3 Å². The second-order valence-electron chi connectivity index (χ2n) is 6.50. The molecule has 0 aliphatic carbocycles. The molecule has 1 aromatic rings. The third-order valence-electron chi connectivity index (χ3n) is 4.56. The summed E-state index contributed by atoms with van der Waals surface area (Å²) in [4.78, 5) is 2.40. The third kappa shape index (κ3) is 4.26. The van der Waals surface area contributed by atoms with Crippen LogP contribution in [-0.2, 0) is 22.6 Å². The van der Waals surface area contributed by atoms with Gasteiger partial charge in [0.05, 0.1) is 33.0 Å². The minimum atomic E-state index is -0.250. The fourth-order valence-corrected chi connectivity index (χ4v) is 3.43. The highest BCUT2D eigenvalue weighted by atomic mass is 16.5. The van der Waals surface area contributed by atoms with Crippen molar-refractivity contribution in [2.45, 2.75) is 25.7 Å². The summed E-state index contributed by atoms with van der Waals surface area (Å²) >= 11 is 0. The summed E-state index contributed by atoms with van der Waals surface area (Å²) in [7, 11) is 0. The van der Waals surface area contributed by atoms with Gasteiger partial charge in [0.1, 0.15) is 11.4 Å². The van der Waals surface area contributed by atoms with Crippen molar-refractivity contribution in [1.29, 1.82) is 0 Å². The van der Waals surface area contributed by atoms with E-state index in [0.29, 0.717) is 13.2 Å². The van der Waals surface area contributed by atoms with Gasteiger partial charge in [0, 0.05) is 38.3 Å². The summed E-state index contributed by atoms with van der Waals surface area (Å²) < 4.78 is 17.3. The van der Waals surface area contributed by atoms with Crippen LogP contribution in [0.5, 0.6) is 5.75 Å². The number of nitrogens with zero attached hydrogens (tertiary/aromatic N) is 1. The predicted molar refractivity (Wildman–Crippen MR) is 91.2 cm³/mol. The van der Waals surface area contributed by atoms with E-state index in [2.05, 4.69) is 16.3 Å². The first-order chi connectivity index (χ1) is 11.7. The molecule has 2 N–H and O–H groups in total. The van der Waals surface area contributed by atoms with E-state index in [9.17, 15) is 5.11 Å². The molecule has 0 aromatic heterocycles. The van der Waals surface area contributed by atoms with Crippen LogP contribution < -0.4 is 10.1 Å². The SMILES string of the molecule is CCOc1ccc(CN2CCOC3(CNCCOC3)C2)cc1CO. The lowest BCUT2D eigenvalue weighted by Crippen LogP contribution is -2.57. The molecule has 0 bridgehead atoms. The van der Waals surface area contributed by atoms with Gasteiger partial charge in [0.25, 0.3) is 0 Å². The van der Waals surface area contributed by atoms with Gasteiger partial charge in [-0.2, -0.15) is 0 Å². The first-order valence-corrected chi connectivity index (χ1v) is 8.75. The zero-order valence-electron chi connectivity index (χ0n) is 14.4. The molecule has 1 unspecified atom stereocenters. The lowest BCUT2D eigenvalue weighted by atomic mass is 10.0. The Balaban J connectivity index is 1.66. The average molecular weight is 336 g/mol. The maximum atomic E-state index is 9.57. The lowest BCUT2D eigenvalue weighted by Gasteiger charge is -2.42. The smallest absolute Gasteiger partial charge is 0.124 e. The Bertz CT molecular complexity index is 530. The number of aliphatic hydroxyl groups is 1. The zero-order valence-corrected chi connectivity index (χ0v) is 14.4. The summed E-state index contributed by atoms with van der Waals surface area (Å²) in [6.07, 6.45) is 0. The maximum Gasteiger partial charge on any atom is 0.124 e. The molecular formula is C18H28N2O4. The van der Waals surface area contributed by atoms with Crippen LogP contribution in [-0.4, -0.2) is 68.2 Å². The Kier molecular flexibility index (Phi) is 6.08. The van der Waals surface area contributed by atoms with E-state index in [1.54, 1.807) is 0 Å². The summed E-state index contributed by atoms with van der Waals surface area (Å²) in [5, 5.41) is 13.0. The average Bonchev–Trinajstić information content (AvgIpc) is 2.82. The van der Waals surface area contributed by atoms with Crippen LogP contribution in [0, 0.1) is 0 Å². The third-order valence-corrected chi connectivity index (χ3v) is 4.56. The van der Waals surface area contributed by atoms with Gasteiger partial charge < -0.3 is 24.6 Å². The number of hydrogen-bond acceptors (Lipinski definition) is 6. The maximum absolute atomic E-state index is 9.57. The molecule has 134 valence electrons. The Hall–Kier alpha value is -1.18. The lowest BCUT2D eigenvalue weighted by molar-refractivity contribution is -0.135. The van der Waals surface area contributed by atoms with E-state index in [4.69, 9.17) is 14.2 Å². The molecule has 0 radical (unpaired) electrons. The molecule has 2 aliphatic rings. The van der Waals surface area contributed by atoms with E-state index < -0.39 is 0 Å². The van der Waals surface area contributed by atoms with Crippen molar-refractivity contribution in [1.82, 2.24) is 10.2 Å². The van der Waals surface area contributed by atoms with Gasteiger partial charge in [0.2, 0.25) is 0 Å². The number of hydrogen-bond donors (Lipinski definition) is 2. The van der Waals surface area contributed by atoms with Crippen molar-refractivity contribution in [3.05, 3.63) is 29.3 Å². The quantitative estimate of drug-likeness (QED) is 0.828. The zero-order chi connectivity index (χ0) is 16.8. The highest BCUT2D eigenvalue weighted by molar-refractivity contribution is 5.37. The number of aliphatic hydroxyl groups excluding tert-OH is 1. The van der Waals surface area contributed by atoms with Crippen molar-refractivity contribution in [2.24, 2.45) is 0 Å². The van der Waals surface area contributed by atoms with Crippen molar-refractivity contribution in [2.75, 3.05) is 52.6 Å². The van der Waals surface area contributed by atoms with Crippen LogP contribution >= 0.6 is 0 Å². The molecule has 3 rings (SSSR count). The molecule has 0 amide bonds. The summed E-state index contributed by atoms with van der Waals surface area (Å²) in [6.45, 7) is 8.94. The van der Waals surface area contributed by atoms with Crippen molar-refractivity contribution in [3.8, 4) is 5.75 Å². The van der Waals surface area contributed by atoms with Gasteiger partial charge in [-0.05, 0) is 24.6 Å². The van der Waals surface area contributed by atoms with Gasteiger partial charge in [-0.3, -0.25) is 4.90 Å². The Morgan fingerprint density at radius 1 is 1.38 bits per heavy atom. The summed E-state index contributed by atoms with van der Waals surface area (Å²) in [6, 6.07) is 6.07. The standard InChI is InChI=1S/C18H28N2O4/c1-2-23-17-4-3-15(9-16(17)11-21)10-20-6-8-24-18(13-20)12-19-5-7-22-14-18/h3-4,9,19,21H,2,5-8,10-14H2,1H3. The number of rotatable bonds is 5. The Morgan fingerprint density at radius 3 is 3.12 bits per heavy atom. The molecule has 6 heteroatoms. The Morgan fingerprint density at radius 2 is 2.29 bits per heavy atom. The first kappa shape index (κ1) is 17.6. The number of benzene rings is 1. The Labute approximate surface area is 143 Å². The van der Waals surface area contributed by atoms with Crippen LogP contribution in [0.15, 0.2) is 18.2 Å². The van der Waals surface area contributed by atoms with Crippen molar-refractivity contribution >= 4 is 0 Å². The van der Waals surface area contributed by atoms with Crippen molar-refractivity contribution in [3.63, 3.8) is 0 Å². The molecular weight excluding hydrogens is 308 g/mol. The molecule has 2 aliphatic heterocycles. The topological polar surface area (TPSA) is 63.2 Å². The minimum absolute atomic E-state index is 0.00597. The van der Waals surface area contributed by atoms with Crippen LogP contribution in [0.2, 0.25) is 0 Å². The molecule has 2 fully saturated rings. The molecule has 1 spiro atoms. The fourth-order valence-electron chi connectivity index (χ4n) is 3.43. The predicted octanol–water partition coefficient (Wildman–Crippen LogP) is 0.768. The number of ether oxygens (including phenoxy) is 3. The summed E-state index contributed by atoms with van der Waals surface area (Å²) in [5.41, 5.74) is 1.78. The minimum Gasteiger partial charge on any atom is -0.494 e. The number of morpholine rings is 1. The van der Waals surface area contributed by atoms with Crippen molar-refractivity contribution < 1.29 is 19.3 Å². The molecule has 24 heavy (non-hydrogen) atoms. The van der Waals surface area contributed by atoms with Gasteiger partial charge >= 0.3 is 0 Å². The number of nitrogens with one attached hydrogen (secondary N) is 1. The fraction of sp³-hybridized carbons (Fsp3) is 0.667. The monoisotopic (exact) mass is 336 g/mol. The van der Waals surface area contributed by atoms with E-state index >= 15 is 0 Å². The highest BCUT2D eigenvalue weighted by Crippen LogP contribution is 2.24. The van der Waals surface area contributed by atoms with E-state index in [-0.39, 0.29) is 12.2 Å². The molecule has 6 nitrogen and oxygen atoms in total. The van der Waals surface area contributed by atoms with E-state index in [1.165, 1.54) is 5.56 Å². The van der Waals surface area contributed by atoms with Gasteiger partial charge in [-0.25, -0.2) is 0 Å². The van der Waals surface area contributed by atoms with Gasteiger partial charge in [-0.15, -0.1) is 0 Å². The van der Waals surface area contributed by atoms with Crippen LogP contribution in [0.4, 0.5) is 0 Å². The molecule has 2 saturated heterocycles. The molecule has 2 heterocycles. The second kappa shape index (κ2) is 8.27. The molecule has 1 atom stereocenters. The largest absolute Gasteiger partial charge is 0.494 e. The molecule has 1 aromatic carbocycles. The highest BCUT2D eigenvalue weighted by Gasteiger charge is 2.37. The van der Waals surface area contributed by atoms with Crippen LogP contribution in [0.1, 0.15) is 18.1 Å².